The minimum Gasteiger partial charge on any atom is -0.382 e. The summed E-state index contributed by atoms with van der Waals surface area (Å²) >= 11 is 0. The SMILES string of the molecule is Nc1ncnc2c1ncn2CCC(=O)Nc1ccc(C(=O)Nc2ccc(/C=N/c3ccc(NC(=O)c4ccc(NC(=O)CCn5cnc6c(N)ncnc65)cc4)cc3)cc2)cc1. The van der Waals surface area contributed by atoms with Gasteiger partial charge in [-0.15, -0.1) is 0 Å². The number of aryl methyl sites for hydroxylation is 2. The van der Waals surface area contributed by atoms with Gasteiger partial charge in [0.1, 0.15) is 23.7 Å². The molecule has 0 saturated carbocycles. The third kappa shape index (κ3) is 9.53. The average molecular weight is 828 g/mol. The minimum absolute atomic E-state index is 0.177. The summed E-state index contributed by atoms with van der Waals surface area (Å²) in [5, 5.41) is 11.4. The zero-order chi connectivity index (χ0) is 43.0. The summed E-state index contributed by atoms with van der Waals surface area (Å²) < 4.78 is 3.48. The summed E-state index contributed by atoms with van der Waals surface area (Å²) in [6.45, 7) is 0.705. The lowest BCUT2D eigenvalue weighted by Crippen LogP contribution is -2.15. The highest BCUT2D eigenvalue weighted by Gasteiger charge is 2.13. The number of hydrogen-bond donors (Lipinski definition) is 6. The highest BCUT2D eigenvalue weighted by molar-refractivity contribution is 6.05. The van der Waals surface area contributed by atoms with Gasteiger partial charge < -0.3 is 41.9 Å². The number of benzene rings is 4. The number of hydrogen-bond acceptors (Lipinski definition) is 13. The molecule has 8 rings (SSSR count). The number of rotatable bonds is 14. The first-order valence-electron chi connectivity index (χ1n) is 19.1. The van der Waals surface area contributed by atoms with Crippen molar-refractivity contribution < 1.29 is 19.2 Å². The third-order valence-corrected chi connectivity index (χ3v) is 9.54. The van der Waals surface area contributed by atoms with Crippen LogP contribution >= 0.6 is 0 Å². The number of aromatic nitrogens is 8. The van der Waals surface area contributed by atoms with Crippen molar-refractivity contribution in [3.63, 3.8) is 0 Å². The second kappa shape index (κ2) is 18.0. The first-order valence-corrected chi connectivity index (χ1v) is 19.1. The van der Waals surface area contributed by atoms with Crippen LogP contribution in [0, 0.1) is 0 Å². The van der Waals surface area contributed by atoms with Gasteiger partial charge in [0.05, 0.1) is 18.3 Å². The Morgan fingerprint density at radius 1 is 0.516 bits per heavy atom. The number of nitrogens with two attached hydrogens (primary N) is 2. The number of anilines is 6. The number of aliphatic imine (C=N–C) groups is 1. The van der Waals surface area contributed by atoms with Crippen LogP contribution < -0.4 is 32.7 Å². The van der Waals surface area contributed by atoms with E-state index in [-0.39, 0.29) is 48.1 Å². The molecule has 62 heavy (non-hydrogen) atoms. The summed E-state index contributed by atoms with van der Waals surface area (Å²) in [6.07, 6.45) is 7.90. The molecule has 0 unspecified atom stereocenters. The maximum absolute atomic E-state index is 12.9. The summed E-state index contributed by atoms with van der Waals surface area (Å²) in [5.74, 6) is -0.478. The largest absolute Gasteiger partial charge is 0.382 e. The second-order valence-electron chi connectivity index (χ2n) is 13.8. The fourth-order valence-corrected chi connectivity index (χ4v) is 6.26. The molecule has 0 fully saturated rings. The molecule has 4 aromatic carbocycles. The smallest absolute Gasteiger partial charge is 0.255 e. The van der Waals surface area contributed by atoms with Crippen LogP contribution in [0.3, 0.4) is 0 Å². The minimum atomic E-state index is -0.309. The van der Waals surface area contributed by atoms with Crippen molar-refractivity contribution in [1.29, 1.82) is 0 Å². The number of imidazole rings is 2. The van der Waals surface area contributed by atoms with E-state index in [1.165, 1.54) is 12.7 Å². The zero-order valence-corrected chi connectivity index (χ0v) is 32.8. The first kappa shape index (κ1) is 39.9. The summed E-state index contributed by atoms with van der Waals surface area (Å²) in [7, 11) is 0. The van der Waals surface area contributed by atoms with Gasteiger partial charge in [0.25, 0.3) is 11.8 Å². The molecule has 0 saturated heterocycles. The zero-order valence-electron chi connectivity index (χ0n) is 32.8. The molecule has 0 aliphatic heterocycles. The normalized spacial score (nSPS) is 11.2. The summed E-state index contributed by atoms with van der Waals surface area (Å²) in [4.78, 5) is 80.2. The number of carbonyl (C=O) groups is 4. The monoisotopic (exact) mass is 827 g/mol. The molecule has 0 radical (unpaired) electrons. The van der Waals surface area contributed by atoms with Crippen molar-refractivity contribution in [3.05, 3.63) is 139 Å². The van der Waals surface area contributed by atoms with E-state index in [1.54, 1.807) is 113 Å². The Bertz CT molecular complexity index is 2740. The molecule has 0 aliphatic rings. The van der Waals surface area contributed by atoms with Crippen molar-refractivity contribution in [3.8, 4) is 0 Å². The number of nitrogens with one attached hydrogen (secondary N) is 4. The van der Waals surface area contributed by atoms with E-state index in [9.17, 15) is 19.2 Å². The number of nitrogens with zero attached hydrogens (tertiary/aromatic N) is 9. The molecular formula is C43H37N15O4. The van der Waals surface area contributed by atoms with Crippen molar-refractivity contribution in [2.45, 2.75) is 25.9 Å². The lowest BCUT2D eigenvalue weighted by Gasteiger charge is -2.09. The Kier molecular flexibility index (Phi) is 11.6. The molecule has 8 aromatic rings. The van der Waals surface area contributed by atoms with Crippen molar-refractivity contribution in [2.24, 2.45) is 4.99 Å². The van der Waals surface area contributed by atoms with Gasteiger partial charge in [-0.05, 0) is 90.5 Å². The quantitative estimate of drug-likeness (QED) is 0.0748. The van der Waals surface area contributed by atoms with Crippen LogP contribution in [0.15, 0.2) is 127 Å². The van der Waals surface area contributed by atoms with E-state index in [4.69, 9.17) is 11.5 Å². The molecule has 0 atom stereocenters. The molecule has 308 valence electrons. The van der Waals surface area contributed by atoms with Crippen molar-refractivity contribution in [2.75, 3.05) is 32.7 Å². The van der Waals surface area contributed by atoms with E-state index < -0.39 is 0 Å². The van der Waals surface area contributed by atoms with Crippen LogP contribution in [0.1, 0.15) is 39.1 Å². The molecule has 4 aromatic heterocycles. The fourth-order valence-electron chi connectivity index (χ4n) is 6.26. The maximum atomic E-state index is 12.9. The van der Waals surface area contributed by atoms with Gasteiger partial charge in [0.2, 0.25) is 11.8 Å². The van der Waals surface area contributed by atoms with E-state index in [1.807, 2.05) is 12.1 Å². The molecule has 4 amide bonds. The first-order chi connectivity index (χ1) is 30.1. The standard InChI is InChI=1S/C43H37N15O4/c44-38-36-40(49-22-47-38)57(24-51-36)19-17-34(59)53-30-9-3-27(4-10-30)42(61)55-32-7-1-26(2-8-32)21-46-29-13-15-33(16-14-29)56-43(62)28-5-11-31(12-6-28)54-35(60)18-20-58-25-52-37-39(45)48-23-50-41(37)58/h1-16,21-25H,17-20H2,(H,53,59)(H,54,60)(H,55,61)(H,56,62)(H2,44,47,49)(H2,45,48,50)/b46-21+. The topological polar surface area (TPSA) is 268 Å². The fraction of sp³-hybridized carbons (Fsp3) is 0.0930. The lowest BCUT2D eigenvalue weighted by atomic mass is 10.1. The predicted molar refractivity (Wildman–Crippen MR) is 235 cm³/mol. The Morgan fingerprint density at radius 3 is 1.37 bits per heavy atom. The highest BCUT2D eigenvalue weighted by atomic mass is 16.2. The van der Waals surface area contributed by atoms with Crippen LogP contribution in [-0.2, 0) is 22.7 Å². The molecule has 4 heterocycles. The van der Waals surface area contributed by atoms with Gasteiger partial charge in [-0.1, -0.05) is 12.1 Å². The van der Waals surface area contributed by atoms with Gasteiger partial charge in [0, 0.05) is 66.0 Å². The van der Waals surface area contributed by atoms with Crippen molar-refractivity contribution >= 4 is 92.2 Å². The number of nitrogen functional groups attached to an aromatic ring is 2. The van der Waals surface area contributed by atoms with E-state index in [2.05, 4.69) is 56.2 Å². The molecular weight excluding hydrogens is 791 g/mol. The summed E-state index contributed by atoms with van der Waals surface area (Å²) in [5.41, 5.74) is 18.4. The molecule has 0 aliphatic carbocycles. The van der Waals surface area contributed by atoms with E-state index >= 15 is 0 Å². The van der Waals surface area contributed by atoms with E-state index in [0.29, 0.717) is 75.0 Å². The predicted octanol–water partition coefficient (Wildman–Crippen LogP) is 5.44. The number of amides is 4. The van der Waals surface area contributed by atoms with Crippen LogP contribution in [0.5, 0.6) is 0 Å². The number of carbonyl (C=O) groups excluding carboxylic acids is 4. The van der Waals surface area contributed by atoms with Crippen LogP contribution in [0.4, 0.5) is 40.1 Å². The van der Waals surface area contributed by atoms with Gasteiger partial charge in [0.15, 0.2) is 22.9 Å². The molecule has 8 N–H and O–H groups in total. The molecule has 0 bridgehead atoms. The maximum Gasteiger partial charge on any atom is 0.255 e. The average Bonchev–Trinajstić information content (AvgIpc) is 3.91. The molecule has 0 spiro atoms. The third-order valence-electron chi connectivity index (χ3n) is 9.54. The Balaban J connectivity index is 0.759. The Hall–Kier alpha value is -8.87. The summed E-state index contributed by atoms with van der Waals surface area (Å²) in [6, 6.07) is 27.4. The van der Waals surface area contributed by atoms with Gasteiger partial charge in [-0.3, -0.25) is 24.2 Å². The Labute approximate surface area is 352 Å². The molecule has 19 nitrogen and oxygen atoms in total. The highest BCUT2D eigenvalue weighted by Crippen LogP contribution is 2.20. The van der Waals surface area contributed by atoms with Gasteiger partial charge >= 0.3 is 0 Å². The van der Waals surface area contributed by atoms with Crippen LogP contribution in [-0.4, -0.2) is 68.9 Å². The van der Waals surface area contributed by atoms with Crippen LogP contribution in [0.2, 0.25) is 0 Å². The lowest BCUT2D eigenvalue weighted by molar-refractivity contribution is -0.117. The van der Waals surface area contributed by atoms with E-state index in [0.717, 1.165) is 5.56 Å². The van der Waals surface area contributed by atoms with Crippen molar-refractivity contribution in [1.82, 2.24) is 39.0 Å². The second-order valence-corrected chi connectivity index (χ2v) is 13.8. The van der Waals surface area contributed by atoms with Gasteiger partial charge in [-0.2, -0.15) is 0 Å². The van der Waals surface area contributed by atoms with Crippen LogP contribution in [0.25, 0.3) is 22.3 Å². The molecule has 19 heteroatoms. The Morgan fingerprint density at radius 2 is 0.919 bits per heavy atom. The number of fused-ring (bicyclic) bond motifs is 2. The van der Waals surface area contributed by atoms with Gasteiger partial charge in [-0.25, -0.2) is 29.9 Å².